The topological polar surface area (TPSA) is 69.0 Å². The molecule has 1 amide bonds. The molecule has 110 valence electrons. The van der Waals surface area contributed by atoms with Gasteiger partial charge in [0.25, 0.3) is 5.91 Å². The van der Waals surface area contributed by atoms with E-state index in [0.717, 1.165) is 16.8 Å². The molecule has 1 N–H and O–H groups in total. The molecular formula is C14H15ClN4O2. The van der Waals surface area contributed by atoms with Crippen molar-refractivity contribution in [2.45, 2.75) is 19.5 Å². The Labute approximate surface area is 127 Å². The SMILES string of the molecule is COCC1Cn2cc(-c3nc(Cl)ncc3C)cc2C(=O)N1. The van der Waals surface area contributed by atoms with Crippen LogP contribution in [0.25, 0.3) is 11.3 Å². The average molecular weight is 307 g/mol. The maximum absolute atomic E-state index is 12.1. The van der Waals surface area contributed by atoms with Crippen molar-refractivity contribution in [3.63, 3.8) is 0 Å². The van der Waals surface area contributed by atoms with Crippen LogP contribution in [-0.4, -0.2) is 40.2 Å². The highest BCUT2D eigenvalue weighted by Gasteiger charge is 2.25. The van der Waals surface area contributed by atoms with E-state index < -0.39 is 0 Å². The minimum Gasteiger partial charge on any atom is -0.382 e. The van der Waals surface area contributed by atoms with Crippen LogP contribution in [0.3, 0.4) is 0 Å². The zero-order chi connectivity index (χ0) is 15.0. The number of nitrogens with zero attached hydrogens (tertiary/aromatic N) is 3. The van der Waals surface area contributed by atoms with Gasteiger partial charge in [0.15, 0.2) is 0 Å². The highest BCUT2D eigenvalue weighted by Crippen LogP contribution is 2.26. The molecule has 7 heteroatoms. The number of nitrogens with one attached hydrogen (secondary N) is 1. The van der Waals surface area contributed by atoms with E-state index in [0.29, 0.717) is 18.8 Å². The summed E-state index contributed by atoms with van der Waals surface area (Å²) in [6, 6.07) is 1.80. The largest absolute Gasteiger partial charge is 0.382 e. The third-order valence-electron chi connectivity index (χ3n) is 3.47. The maximum atomic E-state index is 12.1. The van der Waals surface area contributed by atoms with E-state index in [1.165, 1.54) is 0 Å². The minimum atomic E-state index is -0.104. The smallest absolute Gasteiger partial charge is 0.268 e. The first-order chi connectivity index (χ1) is 10.1. The third kappa shape index (κ3) is 2.64. The van der Waals surface area contributed by atoms with E-state index in [9.17, 15) is 4.79 Å². The van der Waals surface area contributed by atoms with Crippen molar-refractivity contribution in [1.29, 1.82) is 0 Å². The second-order valence-electron chi connectivity index (χ2n) is 5.06. The third-order valence-corrected chi connectivity index (χ3v) is 3.65. The minimum absolute atomic E-state index is 0.0228. The standard InChI is InChI=1S/C14H15ClN4O2/c1-8-4-16-14(15)18-12(8)9-3-11-13(20)17-10(7-21-2)6-19(11)5-9/h3-5,10H,6-7H2,1-2H3,(H,17,20). The summed E-state index contributed by atoms with van der Waals surface area (Å²) in [4.78, 5) is 20.3. The monoisotopic (exact) mass is 306 g/mol. The Kier molecular flexibility index (Phi) is 3.65. The number of aryl methyl sites for hydroxylation is 1. The van der Waals surface area contributed by atoms with Gasteiger partial charge in [-0.2, -0.15) is 0 Å². The molecule has 21 heavy (non-hydrogen) atoms. The Morgan fingerprint density at radius 1 is 1.57 bits per heavy atom. The predicted octanol–water partition coefficient (Wildman–Crippen LogP) is 1.67. The zero-order valence-corrected chi connectivity index (χ0v) is 12.5. The van der Waals surface area contributed by atoms with Crippen LogP contribution in [0.2, 0.25) is 5.28 Å². The first-order valence-corrected chi connectivity index (χ1v) is 6.95. The van der Waals surface area contributed by atoms with Gasteiger partial charge >= 0.3 is 0 Å². The van der Waals surface area contributed by atoms with Crippen molar-refractivity contribution >= 4 is 17.5 Å². The number of methoxy groups -OCH3 is 1. The molecular weight excluding hydrogens is 292 g/mol. The zero-order valence-electron chi connectivity index (χ0n) is 11.8. The number of carbonyl (C=O) groups is 1. The maximum Gasteiger partial charge on any atom is 0.268 e. The van der Waals surface area contributed by atoms with Gasteiger partial charge in [0.05, 0.1) is 18.3 Å². The van der Waals surface area contributed by atoms with E-state index in [1.807, 2.05) is 23.8 Å². The van der Waals surface area contributed by atoms with Gasteiger partial charge in [-0.3, -0.25) is 4.79 Å². The second-order valence-corrected chi connectivity index (χ2v) is 5.40. The number of rotatable bonds is 3. The molecule has 1 aliphatic heterocycles. The molecule has 3 rings (SSSR count). The highest BCUT2D eigenvalue weighted by atomic mass is 35.5. The van der Waals surface area contributed by atoms with Gasteiger partial charge in [0, 0.05) is 31.6 Å². The summed E-state index contributed by atoms with van der Waals surface area (Å²) in [5.41, 5.74) is 3.13. The lowest BCUT2D eigenvalue weighted by molar-refractivity contribution is 0.0840. The Morgan fingerprint density at radius 2 is 2.38 bits per heavy atom. The molecule has 0 fully saturated rings. The lowest BCUT2D eigenvalue weighted by Gasteiger charge is -2.24. The summed E-state index contributed by atoms with van der Waals surface area (Å²) in [5.74, 6) is -0.104. The first kappa shape index (κ1) is 14.0. The lowest BCUT2D eigenvalue weighted by atomic mass is 10.1. The molecule has 0 radical (unpaired) electrons. The number of carbonyl (C=O) groups excluding carboxylic acids is 1. The number of hydrogen-bond donors (Lipinski definition) is 1. The first-order valence-electron chi connectivity index (χ1n) is 6.58. The molecule has 3 heterocycles. The summed E-state index contributed by atoms with van der Waals surface area (Å²) in [7, 11) is 1.62. The molecule has 1 aliphatic rings. The van der Waals surface area contributed by atoms with Gasteiger partial charge in [0.2, 0.25) is 5.28 Å². The molecule has 0 aromatic carbocycles. The predicted molar refractivity (Wildman–Crippen MR) is 78.3 cm³/mol. The van der Waals surface area contributed by atoms with Gasteiger partial charge < -0.3 is 14.6 Å². The normalized spacial score (nSPS) is 17.5. The van der Waals surface area contributed by atoms with Crippen LogP contribution in [0.1, 0.15) is 16.1 Å². The van der Waals surface area contributed by atoms with Crippen LogP contribution in [0.4, 0.5) is 0 Å². The Morgan fingerprint density at radius 3 is 3.14 bits per heavy atom. The van der Waals surface area contributed by atoms with Gasteiger partial charge in [-0.05, 0) is 30.2 Å². The molecule has 0 saturated heterocycles. The fourth-order valence-corrected chi connectivity index (χ4v) is 2.67. The highest BCUT2D eigenvalue weighted by molar-refractivity contribution is 6.28. The molecule has 0 saturated carbocycles. The van der Waals surface area contributed by atoms with Gasteiger partial charge in [-0.15, -0.1) is 0 Å². The second kappa shape index (κ2) is 5.46. The van der Waals surface area contributed by atoms with E-state index in [2.05, 4.69) is 15.3 Å². The average Bonchev–Trinajstić information content (AvgIpc) is 2.86. The molecule has 2 aromatic rings. The summed E-state index contributed by atoms with van der Waals surface area (Å²) in [5, 5.41) is 3.12. The van der Waals surface area contributed by atoms with Crippen molar-refractivity contribution < 1.29 is 9.53 Å². The van der Waals surface area contributed by atoms with Gasteiger partial charge in [-0.25, -0.2) is 9.97 Å². The lowest BCUT2D eigenvalue weighted by Crippen LogP contribution is -2.46. The number of hydrogen-bond acceptors (Lipinski definition) is 4. The number of ether oxygens (including phenoxy) is 1. The van der Waals surface area contributed by atoms with Crippen LogP contribution >= 0.6 is 11.6 Å². The Hall–Kier alpha value is -1.92. The van der Waals surface area contributed by atoms with Crippen LogP contribution in [0.15, 0.2) is 18.5 Å². The quantitative estimate of drug-likeness (QED) is 0.876. The molecule has 1 unspecified atom stereocenters. The van der Waals surface area contributed by atoms with Gasteiger partial charge in [-0.1, -0.05) is 0 Å². The summed E-state index contributed by atoms with van der Waals surface area (Å²) in [6.45, 7) is 3.07. The van der Waals surface area contributed by atoms with Crippen LogP contribution < -0.4 is 5.32 Å². The van der Waals surface area contributed by atoms with Crippen molar-refractivity contribution in [3.8, 4) is 11.3 Å². The molecule has 0 spiro atoms. The van der Waals surface area contributed by atoms with Crippen molar-refractivity contribution in [1.82, 2.24) is 19.9 Å². The van der Waals surface area contributed by atoms with Gasteiger partial charge in [0.1, 0.15) is 5.69 Å². The van der Waals surface area contributed by atoms with Crippen molar-refractivity contribution in [2.75, 3.05) is 13.7 Å². The van der Waals surface area contributed by atoms with Crippen LogP contribution in [-0.2, 0) is 11.3 Å². The molecule has 6 nitrogen and oxygen atoms in total. The van der Waals surface area contributed by atoms with E-state index in [-0.39, 0.29) is 17.2 Å². The number of fused-ring (bicyclic) bond motifs is 1. The number of amides is 1. The molecule has 1 atom stereocenters. The molecule has 2 aromatic heterocycles. The number of aromatic nitrogens is 3. The van der Waals surface area contributed by atoms with E-state index in [4.69, 9.17) is 16.3 Å². The Bertz CT molecular complexity index is 698. The summed E-state index contributed by atoms with van der Waals surface area (Å²) < 4.78 is 7.03. The summed E-state index contributed by atoms with van der Waals surface area (Å²) in [6.07, 6.45) is 3.59. The Balaban J connectivity index is 1.99. The van der Waals surface area contributed by atoms with E-state index >= 15 is 0 Å². The van der Waals surface area contributed by atoms with E-state index in [1.54, 1.807) is 13.3 Å². The number of halogens is 1. The summed E-state index contributed by atoms with van der Waals surface area (Å²) >= 11 is 5.86. The molecule has 0 bridgehead atoms. The van der Waals surface area contributed by atoms with Crippen molar-refractivity contribution in [2.24, 2.45) is 0 Å². The van der Waals surface area contributed by atoms with Crippen molar-refractivity contribution in [3.05, 3.63) is 35.0 Å². The fraction of sp³-hybridized carbons (Fsp3) is 0.357. The fourth-order valence-electron chi connectivity index (χ4n) is 2.53. The van der Waals surface area contributed by atoms with Crippen LogP contribution in [0, 0.1) is 6.92 Å². The molecule has 0 aliphatic carbocycles. The van der Waals surface area contributed by atoms with Crippen LogP contribution in [0.5, 0.6) is 0 Å².